The maximum absolute atomic E-state index is 13.9. The van der Waals surface area contributed by atoms with Crippen LogP contribution in [0.15, 0.2) is 64.7 Å². The van der Waals surface area contributed by atoms with Gasteiger partial charge in [-0.15, -0.1) is 0 Å². The smallest absolute Gasteiger partial charge is 0.337 e. The van der Waals surface area contributed by atoms with E-state index in [1.807, 2.05) is 13.0 Å². The number of likely N-dealkylation sites (N-methyl/N-ethyl adjacent to an activating group) is 1. The number of carbonyl (C=O) groups is 5. The number of cyclic esters (lactones) is 1. The summed E-state index contributed by atoms with van der Waals surface area (Å²) in [6, 6.07) is 8.96. The van der Waals surface area contributed by atoms with Crippen molar-refractivity contribution in [2.45, 2.75) is 83.5 Å². The Bertz CT molecular complexity index is 1400. The number of allylic oxidation sites excluding steroid dienone is 2. The number of carbonyl (C=O) groups excluding carboxylic acids is 5. The van der Waals surface area contributed by atoms with E-state index in [0.29, 0.717) is 35.7 Å². The van der Waals surface area contributed by atoms with Gasteiger partial charge in [0.2, 0.25) is 17.7 Å². The molecule has 0 saturated carbocycles. The van der Waals surface area contributed by atoms with Crippen molar-refractivity contribution in [1.82, 2.24) is 15.5 Å². The van der Waals surface area contributed by atoms with Gasteiger partial charge in [0.1, 0.15) is 17.8 Å². The van der Waals surface area contributed by atoms with Crippen molar-refractivity contribution >= 4 is 45.4 Å². The summed E-state index contributed by atoms with van der Waals surface area (Å²) in [5.41, 5.74) is 1.87. The molecule has 3 N–H and O–H groups in total. The van der Waals surface area contributed by atoms with E-state index in [2.05, 4.69) is 26.6 Å². The predicted molar refractivity (Wildman–Crippen MR) is 169 cm³/mol. The Morgan fingerprint density at radius 2 is 1.75 bits per heavy atom. The maximum Gasteiger partial charge on any atom is 0.337 e. The lowest BCUT2D eigenvalue weighted by molar-refractivity contribution is -0.151. The van der Waals surface area contributed by atoms with Crippen molar-refractivity contribution < 1.29 is 33.8 Å². The number of nitrogens with one attached hydrogen (secondary N) is 2. The van der Waals surface area contributed by atoms with Gasteiger partial charge in [0.05, 0.1) is 10.6 Å². The van der Waals surface area contributed by atoms with Crippen molar-refractivity contribution in [2.75, 3.05) is 7.05 Å². The van der Waals surface area contributed by atoms with E-state index in [1.54, 1.807) is 49.4 Å². The molecule has 236 valence electrons. The Labute approximate surface area is 266 Å². The largest absolute Gasteiger partial charge is 0.507 e. The molecule has 3 amide bonds. The summed E-state index contributed by atoms with van der Waals surface area (Å²) in [5.74, 6) is -3.15. The third-order valence-electron chi connectivity index (χ3n) is 7.51. The summed E-state index contributed by atoms with van der Waals surface area (Å²) in [4.78, 5) is 68.2. The van der Waals surface area contributed by atoms with Gasteiger partial charge in [0.15, 0.2) is 11.8 Å². The molecule has 44 heavy (non-hydrogen) atoms. The van der Waals surface area contributed by atoms with Crippen molar-refractivity contribution in [3.63, 3.8) is 0 Å². The molecule has 0 spiro atoms. The van der Waals surface area contributed by atoms with Crippen LogP contribution in [0.4, 0.5) is 0 Å². The second kappa shape index (κ2) is 16.2. The van der Waals surface area contributed by atoms with Crippen molar-refractivity contribution in [1.29, 1.82) is 0 Å². The van der Waals surface area contributed by atoms with Gasteiger partial charge in [0, 0.05) is 25.5 Å². The Hall–Kier alpha value is -3.99. The number of aromatic hydroxyl groups is 1. The number of benzene rings is 2. The number of esters is 1. The molecule has 0 saturated heterocycles. The molecule has 3 rings (SSSR count). The minimum atomic E-state index is -1.67. The molecule has 0 radical (unpaired) electrons. The minimum Gasteiger partial charge on any atom is -0.507 e. The van der Waals surface area contributed by atoms with Gasteiger partial charge in [-0.3, -0.25) is 19.2 Å². The van der Waals surface area contributed by atoms with Crippen LogP contribution in [-0.2, 0) is 30.3 Å². The number of halogens is 1. The Balaban J connectivity index is 2.01. The highest BCUT2D eigenvalue weighted by Gasteiger charge is 2.37. The lowest BCUT2D eigenvalue weighted by Gasteiger charge is -2.31. The Morgan fingerprint density at radius 3 is 2.43 bits per heavy atom. The van der Waals surface area contributed by atoms with Crippen LogP contribution in [0.5, 0.6) is 5.75 Å². The molecule has 1 aliphatic rings. The number of nitrogens with zero attached hydrogens (tertiary/aromatic N) is 1. The molecule has 0 aliphatic carbocycles. The molecule has 0 aromatic heterocycles. The SMILES string of the molecule is C/C1=C\CCCC(=O)N[C@@H](C)C(=O)N(C)[C@H](Cc2ccc(O)c(Br)c2)C(=O)NC(C(=O)c2ccccc2)C(=O)O[C@@H](C)CC1. The Morgan fingerprint density at radius 1 is 1.05 bits per heavy atom. The van der Waals surface area contributed by atoms with Gasteiger partial charge in [0.25, 0.3) is 0 Å². The Kier molecular flexibility index (Phi) is 12.7. The van der Waals surface area contributed by atoms with Crippen LogP contribution < -0.4 is 10.6 Å². The predicted octanol–water partition coefficient (Wildman–Crippen LogP) is 4.24. The summed E-state index contributed by atoms with van der Waals surface area (Å²) in [5, 5.41) is 15.2. The van der Waals surface area contributed by atoms with E-state index in [4.69, 9.17) is 4.74 Å². The monoisotopic (exact) mass is 669 g/mol. The molecule has 1 aliphatic heterocycles. The first kappa shape index (κ1) is 34.5. The van der Waals surface area contributed by atoms with E-state index < -0.39 is 47.8 Å². The van der Waals surface area contributed by atoms with Crippen molar-refractivity contribution in [2.24, 2.45) is 0 Å². The van der Waals surface area contributed by atoms with Crippen LogP contribution >= 0.6 is 15.9 Å². The topological polar surface area (TPSA) is 142 Å². The first-order valence-electron chi connectivity index (χ1n) is 14.7. The average Bonchev–Trinajstić information content (AvgIpc) is 3.00. The van der Waals surface area contributed by atoms with Gasteiger partial charge >= 0.3 is 5.97 Å². The first-order valence-corrected chi connectivity index (χ1v) is 15.5. The van der Waals surface area contributed by atoms with Gasteiger partial charge < -0.3 is 25.4 Å². The normalized spacial score (nSPS) is 24.5. The van der Waals surface area contributed by atoms with Crippen LogP contribution in [-0.4, -0.2) is 70.8 Å². The molecule has 2 aromatic carbocycles. The fourth-order valence-corrected chi connectivity index (χ4v) is 5.28. The summed E-state index contributed by atoms with van der Waals surface area (Å²) in [7, 11) is 1.43. The minimum absolute atomic E-state index is 0.00439. The van der Waals surface area contributed by atoms with E-state index in [0.717, 1.165) is 5.57 Å². The quantitative estimate of drug-likeness (QED) is 0.191. The zero-order chi connectivity index (χ0) is 32.4. The number of Topliss-reactive ketones (excluding diaryl/α,β-unsaturated/α-hetero) is 1. The molecule has 1 unspecified atom stereocenters. The van der Waals surface area contributed by atoms with E-state index in [1.165, 1.54) is 24.9 Å². The van der Waals surface area contributed by atoms with Crippen LogP contribution in [0.25, 0.3) is 0 Å². The highest BCUT2D eigenvalue weighted by molar-refractivity contribution is 9.10. The molecule has 1 heterocycles. The third kappa shape index (κ3) is 9.77. The molecule has 0 bridgehead atoms. The van der Waals surface area contributed by atoms with Gasteiger partial charge in [-0.2, -0.15) is 0 Å². The molecule has 11 heteroatoms. The number of phenols is 1. The van der Waals surface area contributed by atoms with Crippen molar-refractivity contribution in [3.8, 4) is 5.75 Å². The zero-order valence-corrected chi connectivity index (χ0v) is 27.1. The summed E-state index contributed by atoms with van der Waals surface area (Å²) >= 11 is 3.27. The molecule has 0 fully saturated rings. The fraction of sp³-hybridized carbons (Fsp3) is 0.424. The molecule has 4 atom stereocenters. The van der Waals surface area contributed by atoms with Crippen LogP contribution in [0.1, 0.15) is 68.8 Å². The highest BCUT2D eigenvalue weighted by Crippen LogP contribution is 2.25. The van der Waals surface area contributed by atoms with E-state index in [9.17, 15) is 29.1 Å². The van der Waals surface area contributed by atoms with Gasteiger partial charge in [-0.1, -0.05) is 48.0 Å². The van der Waals surface area contributed by atoms with Crippen LogP contribution in [0.2, 0.25) is 0 Å². The number of ether oxygens (including phenoxy) is 1. The number of amides is 3. The van der Waals surface area contributed by atoms with Crippen molar-refractivity contribution in [3.05, 3.63) is 75.8 Å². The molecule has 2 aromatic rings. The maximum atomic E-state index is 13.9. The van der Waals surface area contributed by atoms with Gasteiger partial charge in [-0.25, -0.2) is 4.79 Å². The molecule has 10 nitrogen and oxygen atoms in total. The average molecular weight is 671 g/mol. The number of phenolic OH excluding ortho intramolecular Hbond substituents is 1. The lowest BCUT2D eigenvalue weighted by atomic mass is 10.0. The summed E-state index contributed by atoms with van der Waals surface area (Å²) in [6.45, 7) is 5.22. The van der Waals surface area contributed by atoms with Crippen LogP contribution in [0, 0.1) is 0 Å². The molecular formula is C33H40BrN3O7. The number of rotatable bonds is 4. The second-order valence-corrected chi connectivity index (χ2v) is 12.0. The van der Waals surface area contributed by atoms with Crippen LogP contribution in [0.3, 0.4) is 0 Å². The summed E-state index contributed by atoms with van der Waals surface area (Å²) in [6.07, 6.45) is 4.11. The number of hydrogen-bond donors (Lipinski definition) is 3. The summed E-state index contributed by atoms with van der Waals surface area (Å²) < 4.78 is 6.05. The first-order chi connectivity index (χ1) is 20.9. The zero-order valence-electron chi connectivity index (χ0n) is 25.5. The van der Waals surface area contributed by atoms with E-state index in [-0.39, 0.29) is 30.1 Å². The second-order valence-electron chi connectivity index (χ2n) is 11.1. The lowest BCUT2D eigenvalue weighted by Crippen LogP contribution is -2.58. The third-order valence-corrected chi connectivity index (χ3v) is 8.15. The fourth-order valence-electron chi connectivity index (χ4n) is 4.85. The molecular weight excluding hydrogens is 630 g/mol. The highest BCUT2D eigenvalue weighted by atomic mass is 79.9. The standard InChI is InChI=1S/C33H40BrN3O7/c1-20-10-8-9-13-28(39)35-22(3)32(42)37(4)26(19-23-16-17-27(38)25(34)18-23)31(41)36-29(33(43)44-21(2)15-14-20)30(40)24-11-6-5-7-12-24/h5-7,10-12,16-18,21-22,26,29,38H,8-9,13-15,19H2,1-4H3,(H,35,39)(H,36,41)/b20-10+/t21-,22-,26+,29?/m0/s1. The number of hydrogen-bond acceptors (Lipinski definition) is 7. The van der Waals surface area contributed by atoms with E-state index >= 15 is 0 Å². The van der Waals surface area contributed by atoms with Gasteiger partial charge in [-0.05, 0) is 80.1 Å². The number of ketones is 1.